The fourth-order valence-corrected chi connectivity index (χ4v) is 5.52. The monoisotopic (exact) mass is 563 g/mol. The maximum atomic E-state index is 13.6. The summed E-state index contributed by atoms with van der Waals surface area (Å²) in [4.78, 5) is 49.4. The molecule has 212 valence electrons. The SMILES string of the molecule is CCc1cc(NC(=O)C(=O)N2C[C@@H](C)CC[C@@]2(C)c2ccc(-c3nccs3)cc2)cnc1NC(=O)OC(C)(C)C. The first-order chi connectivity index (χ1) is 18.9. The van der Waals surface area contributed by atoms with E-state index in [1.807, 2.05) is 43.5 Å². The Morgan fingerprint density at radius 1 is 1.15 bits per heavy atom. The second kappa shape index (κ2) is 11.8. The first kappa shape index (κ1) is 29.2. The number of nitrogens with zero attached hydrogens (tertiary/aromatic N) is 3. The summed E-state index contributed by atoms with van der Waals surface area (Å²) in [5, 5.41) is 8.26. The van der Waals surface area contributed by atoms with Crippen molar-refractivity contribution in [3.05, 3.63) is 59.2 Å². The van der Waals surface area contributed by atoms with Crippen molar-refractivity contribution in [3.8, 4) is 10.6 Å². The molecule has 2 N–H and O–H groups in total. The van der Waals surface area contributed by atoms with Gasteiger partial charge < -0.3 is 15.0 Å². The second-order valence-electron chi connectivity index (χ2n) is 11.4. The van der Waals surface area contributed by atoms with Gasteiger partial charge in [0.1, 0.15) is 16.4 Å². The number of carbonyl (C=O) groups excluding carboxylic acids is 3. The third kappa shape index (κ3) is 6.67. The van der Waals surface area contributed by atoms with E-state index in [4.69, 9.17) is 4.74 Å². The lowest BCUT2D eigenvalue weighted by Crippen LogP contribution is -2.55. The Morgan fingerprint density at radius 2 is 1.88 bits per heavy atom. The number of thiazole rings is 1. The zero-order valence-corrected chi connectivity index (χ0v) is 24.7. The van der Waals surface area contributed by atoms with Gasteiger partial charge in [-0.3, -0.25) is 14.9 Å². The Morgan fingerprint density at radius 3 is 2.50 bits per heavy atom. The van der Waals surface area contributed by atoms with E-state index in [1.165, 1.54) is 6.20 Å². The van der Waals surface area contributed by atoms with Crippen LogP contribution in [-0.2, 0) is 26.3 Å². The first-order valence-electron chi connectivity index (χ1n) is 13.5. The van der Waals surface area contributed by atoms with Crippen molar-refractivity contribution in [1.29, 1.82) is 0 Å². The van der Waals surface area contributed by atoms with E-state index in [2.05, 4.69) is 27.5 Å². The lowest BCUT2D eigenvalue weighted by Gasteiger charge is -2.47. The molecule has 4 rings (SSSR count). The van der Waals surface area contributed by atoms with Gasteiger partial charge >= 0.3 is 17.9 Å². The maximum absolute atomic E-state index is 13.6. The van der Waals surface area contributed by atoms with E-state index in [1.54, 1.807) is 49.3 Å². The minimum Gasteiger partial charge on any atom is -0.444 e. The van der Waals surface area contributed by atoms with Crippen LogP contribution in [0.4, 0.5) is 16.3 Å². The topological polar surface area (TPSA) is 114 Å². The van der Waals surface area contributed by atoms with Crippen LogP contribution in [0.2, 0.25) is 0 Å². The van der Waals surface area contributed by atoms with E-state index in [-0.39, 0.29) is 5.92 Å². The molecule has 1 aliphatic heterocycles. The van der Waals surface area contributed by atoms with Crippen LogP contribution in [0.15, 0.2) is 48.1 Å². The van der Waals surface area contributed by atoms with Crippen molar-refractivity contribution >= 4 is 40.7 Å². The molecule has 0 aliphatic carbocycles. The number of ether oxygens (including phenoxy) is 1. The molecule has 1 saturated heterocycles. The van der Waals surface area contributed by atoms with E-state index in [0.29, 0.717) is 30.0 Å². The van der Waals surface area contributed by atoms with Crippen LogP contribution < -0.4 is 10.6 Å². The van der Waals surface area contributed by atoms with E-state index in [9.17, 15) is 14.4 Å². The van der Waals surface area contributed by atoms with Crippen LogP contribution >= 0.6 is 11.3 Å². The van der Waals surface area contributed by atoms with Crippen LogP contribution in [0.25, 0.3) is 10.6 Å². The molecule has 3 amide bonds. The van der Waals surface area contributed by atoms with Crippen molar-refractivity contribution < 1.29 is 19.1 Å². The normalized spacial score (nSPS) is 19.1. The molecule has 40 heavy (non-hydrogen) atoms. The second-order valence-corrected chi connectivity index (χ2v) is 12.3. The summed E-state index contributed by atoms with van der Waals surface area (Å²) in [6.07, 6.45) is 4.84. The number of hydrogen-bond acceptors (Lipinski definition) is 7. The summed E-state index contributed by atoms with van der Waals surface area (Å²) in [6.45, 7) is 11.8. The number of aryl methyl sites for hydroxylation is 1. The lowest BCUT2D eigenvalue weighted by atomic mass is 9.78. The number of piperidine rings is 1. The third-order valence-corrected chi connectivity index (χ3v) is 7.89. The van der Waals surface area contributed by atoms with Gasteiger partial charge in [0.25, 0.3) is 0 Å². The lowest BCUT2D eigenvalue weighted by molar-refractivity contribution is -0.150. The van der Waals surface area contributed by atoms with Crippen LogP contribution in [0.3, 0.4) is 0 Å². The Labute approximate surface area is 239 Å². The van der Waals surface area contributed by atoms with E-state index in [0.717, 1.165) is 29.0 Å². The van der Waals surface area contributed by atoms with Crippen LogP contribution in [-0.4, -0.2) is 44.9 Å². The Balaban J connectivity index is 1.51. The summed E-state index contributed by atoms with van der Waals surface area (Å²) in [5.41, 5.74) is 1.81. The highest BCUT2D eigenvalue weighted by Crippen LogP contribution is 2.40. The molecular weight excluding hydrogens is 526 g/mol. The van der Waals surface area contributed by atoms with Gasteiger partial charge in [-0.2, -0.15) is 0 Å². The summed E-state index contributed by atoms with van der Waals surface area (Å²) >= 11 is 1.57. The molecular formula is C30H37N5O4S. The molecule has 3 aromatic rings. The molecule has 2 aromatic heterocycles. The van der Waals surface area contributed by atoms with Crippen molar-refractivity contribution in [1.82, 2.24) is 14.9 Å². The van der Waals surface area contributed by atoms with Crippen LogP contribution in [0.5, 0.6) is 0 Å². The number of hydrogen-bond donors (Lipinski definition) is 2. The molecule has 3 heterocycles. The fraction of sp³-hybridized carbons (Fsp3) is 0.433. The van der Waals surface area contributed by atoms with Crippen LogP contribution in [0, 0.1) is 5.92 Å². The highest BCUT2D eigenvalue weighted by molar-refractivity contribution is 7.13. The Bertz CT molecular complexity index is 1370. The molecule has 0 bridgehead atoms. The predicted molar refractivity (Wildman–Crippen MR) is 157 cm³/mol. The summed E-state index contributed by atoms with van der Waals surface area (Å²) in [6, 6.07) is 9.80. The third-order valence-electron chi connectivity index (χ3n) is 7.06. The highest BCUT2D eigenvalue weighted by atomic mass is 32.1. The molecule has 10 heteroatoms. The molecule has 0 spiro atoms. The quantitative estimate of drug-likeness (QED) is 0.356. The highest BCUT2D eigenvalue weighted by Gasteiger charge is 2.43. The Kier molecular flexibility index (Phi) is 8.58. The largest absolute Gasteiger partial charge is 0.444 e. The standard InChI is InChI=1S/C30H37N5O4S/c1-7-20-16-23(17-32-24(20)34-28(38)39-29(3,4)5)33-25(36)27(37)35-18-19(2)12-13-30(35,6)22-10-8-21(9-11-22)26-31-14-15-40-26/h8-11,14-17,19H,7,12-13,18H2,1-6H3,(H,33,36)(H,32,34,38)/t19-,30-/m0/s1. The van der Waals surface area contributed by atoms with Crippen molar-refractivity contribution in [2.24, 2.45) is 5.92 Å². The van der Waals surface area contributed by atoms with Gasteiger partial charge in [-0.25, -0.2) is 14.8 Å². The average molecular weight is 564 g/mol. The number of likely N-dealkylation sites (tertiary alicyclic amines) is 1. The molecule has 9 nitrogen and oxygen atoms in total. The molecule has 2 atom stereocenters. The van der Waals surface area contributed by atoms with Gasteiger partial charge in [0.15, 0.2) is 0 Å². The fourth-order valence-electron chi connectivity index (χ4n) is 4.88. The molecule has 1 aromatic carbocycles. The predicted octanol–water partition coefficient (Wildman–Crippen LogP) is 6.23. The summed E-state index contributed by atoms with van der Waals surface area (Å²) < 4.78 is 5.31. The van der Waals surface area contributed by atoms with Gasteiger partial charge in [0, 0.05) is 23.7 Å². The minimum absolute atomic E-state index is 0.269. The molecule has 0 unspecified atom stereocenters. The molecule has 0 saturated carbocycles. The zero-order chi connectivity index (χ0) is 29.1. The number of nitrogens with one attached hydrogen (secondary N) is 2. The van der Waals surface area contributed by atoms with E-state index >= 15 is 0 Å². The van der Waals surface area contributed by atoms with Gasteiger partial charge in [0.05, 0.1) is 17.4 Å². The zero-order valence-electron chi connectivity index (χ0n) is 23.9. The van der Waals surface area contributed by atoms with Crippen molar-refractivity contribution in [2.45, 2.75) is 71.9 Å². The summed E-state index contributed by atoms with van der Waals surface area (Å²) in [7, 11) is 0. The van der Waals surface area contributed by atoms with Gasteiger partial charge in [-0.05, 0) is 70.1 Å². The number of anilines is 2. The molecule has 0 radical (unpaired) electrons. The van der Waals surface area contributed by atoms with Crippen molar-refractivity contribution in [3.63, 3.8) is 0 Å². The molecule has 1 fully saturated rings. The smallest absolute Gasteiger partial charge is 0.413 e. The van der Waals surface area contributed by atoms with Crippen molar-refractivity contribution in [2.75, 3.05) is 17.2 Å². The number of aromatic nitrogens is 2. The van der Waals surface area contributed by atoms with E-state index < -0.39 is 29.0 Å². The maximum Gasteiger partial charge on any atom is 0.413 e. The van der Waals surface area contributed by atoms with Gasteiger partial charge in [0.2, 0.25) is 0 Å². The number of pyridine rings is 1. The number of amides is 3. The number of benzene rings is 1. The number of carbonyl (C=O) groups is 3. The molecule has 1 aliphatic rings. The van der Waals surface area contributed by atoms with Gasteiger partial charge in [-0.1, -0.05) is 38.1 Å². The van der Waals surface area contributed by atoms with Crippen LogP contribution in [0.1, 0.15) is 65.5 Å². The number of rotatable bonds is 5. The first-order valence-corrected chi connectivity index (χ1v) is 14.4. The van der Waals surface area contributed by atoms with Gasteiger partial charge in [-0.15, -0.1) is 11.3 Å². The Hall–Kier alpha value is -3.79. The minimum atomic E-state index is -0.726. The summed E-state index contributed by atoms with van der Waals surface area (Å²) in [5.74, 6) is -0.700. The average Bonchev–Trinajstić information content (AvgIpc) is 3.45.